The van der Waals surface area contributed by atoms with Crippen molar-refractivity contribution in [1.29, 1.82) is 0 Å². The fourth-order valence-corrected chi connectivity index (χ4v) is 2.15. The highest BCUT2D eigenvalue weighted by Crippen LogP contribution is 2.24. The zero-order valence-corrected chi connectivity index (χ0v) is 11.8. The Labute approximate surface area is 114 Å². The van der Waals surface area contributed by atoms with Crippen LogP contribution >= 0.6 is 15.9 Å². The zero-order chi connectivity index (χ0) is 13.1. The molecule has 0 fully saturated rings. The molecule has 1 heterocycles. The molecule has 18 heavy (non-hydrogen) atoms. The van der Waals surface area contributed by atoms with Gasteiger partial charge >= 0.3 is 0 Å². The second-order valence-corrected chi connectivity index (χ2v) is 4.56. The molecule has 0 saturated heterocycles. The number of ketones is 1. The molecular formula is C13H13BrN2O2. The number of rotatable bonds is 4. The molecule has 4 nitrogen and oxygen atoms in total. The summed E-state index contributed by atoms with van der Waals surface area (Å²) in [5.41, 5.74) is 1.15. The van der Waals surface area contributed by atoms with Gasteiger partial charge in [-0.05, 0) is 31.2 Å². The van der Waals surface area contributed by atoms with Crippen molar-refractivity contribution in [3.05, 3.63) is 46.2 Å². The topological polar surface area (TPSA) is 44.1 Å². The normalized spacial score (nSPS) is 10.4. The van der Waals surface area contributed by atoms with Crippen LogP contribution in [0.1, 0.15) is 23.0 Å². The van der Waals surface area contributed by atoms with E-state index in [2.05, 4.69) is 21.0 Å². The zero-order valence-electron chi connectivity index (χ0n) is 10.2. The summed E-state index contributed by atoms with van der Waals surface area (Å²) in [5, 5.41) is 4.10. The molecule has 0 aliphatic rings. The first-order chi connectivity index (χ1) is 8.67. The average molecular weight is 309 g/mol. The van der Waals surface area contributed by atoms with Crippen LogP contribution in [-0.4, -0.2) is 22.7 Å². The van der Waals surface area contributed by atoms with Crippen molar-refractivity contribution >= 4 is 21.7 Å². The predicted molar refractivity (Wildman–Crippen MR) is 72.0 cm³/mol. The van der Waals surface area contributed by atoms with E-state index in [-0.39, 0.29) is 5.78 Å². The predicted octanol–water partition coefficient (Wildman–Crippen LogP) is 2.91. The van der Waals surface area contributed by atoms with Gasteiger partial charge in [0.15, 0.2) is 0 Å². The first-order valence-corrected chi connectivity index (χ1v) is 6.36. The van der Waals surface area contributed by atoms with Crippen LogP contribution in [0.5, 0.6) is 5.75 Å². The fourth-order valence-electron chi connectivity index (χ4n) is 1.72. The largest absolute Gasteiger partial charge is 0.497 e. The number of halogens is 1. The molecule has 2 aromatic rings. The monoisotopic (exact) mass is 308 g/mol. The Morgan fingerprint density at radius 2 is 2.22 bits per heavy atom. The highest BCUT2D eigenvalue weighted by atomic mass is 79.9. The van der Waals surface area contributed by atoms with Crippen molar-refractivity contribution in [2.45, 2.75) is 13.5 Å². The van der Waals surface area contributed by atoms with Gasteiger partial charge in [-0.2, -0.15) is 5.10 Å². The first-order valence-electron chi connectivity index (χ1n) is 5.57. The number of methoxy groups -OCH3 is 1. The van der Waals surface area contributed by atoms with Gasteiger partial charge in [0.25, 0.3) is 0 Å². The van der Waals surface area contributed by atoms with Crippen LogP contribution in [0, 0.1) is 0 Å². The van der Waals surface area contributed by atoms with Crippen molar-refractivity contribution in [1.82, 2.24) is 9.78 Å². The van der Waals surface area contributed by atoms with Gasteiger partial charge in [0.2, 0.25) is 5.78 Å². The molecule has 94 valence electrons. The summed E-state index contributed by atoms with van der Waals surface area (Å²) >= 11 is 3.39. The lowest BCUT2D eigenvalue weighted by Crippen LogP contribution is -2.11. The van der Waals surface area contributed by atoms with Crippen molar-refractivity contribution in [2.24, 2.45) is 0 Å². The minimum absolute atomic E-state index is 0.0693. The molecule has 0 aliphatic carbocycles. The Morgan fingerprint density at radius 1 is 1.44 bits per heavy atom. The summed E-state index contributed by atoms with van der Waals surface area (Å²) in [4.78, 5) is 12.4. The number of carbonyl (C=O) groups excluding carboxylic acids is 1. The Bertz CT molecular complexity index is 578. The third-order valence-corrected chi connectivity index (χ3v) is 3.36. The summed E-state index contributed by atoms with van der Waals surface area (Å²) in [6.45, 7) is 2.61. The van der Waals surface area contributed by atoms with Gasteiger partial charge in [-0.1, -0.05) is 15.9 Å². The van der Waals surface area contributed by atoms with Crippen LogP contribution in [0.3, 0.4) is 0 Å². The highest BCUT2D eigenvalue weighted by molar-refractivity contribution is 9.10. The van der Waals surface area contributed by atoms with Crippen LogP contribution in [0.15, 0.2) is 34.9 Å². The summed E-state index contributed by atoms with van der Waals surface area (Å²) in [5.74, 6) is 0.587. The molecule has 1 aromatic carbocycles. The van der Waals surface area contributed by atoms with E-state index in [4.69, 9.17) is 4.74 Å². The fraction of sp³-hybridized carbons (Fsp3) is 0.231. The molecule has 0 spiro atoms. The summed E-state index contributed by atoms with van der Waals surface area (Å²) < 4.78 is 7.56. The average Bonchev–Trinajstić information content (AvgIpc) is 2.86. The molecular weight excluding hydrogens is 296 g/mol. The Hall–Kier alpha value is -1.62. The van der Waals surface area contributed by atoms with E-state index in [9.17, 15) is 4.79 Å². The maximum Gasteiger partial charge on any atom is 0.212 e. The third kappa shape index (κ3) is 2.31. The molecule has 0 atom stereocenters. The van der Waals surface area contributed by atoms with Gasteiger partial charge < -0.3 is 4.74 Å². The van der Waals surface area contributed by atoms with Crippen LogP contribution in [0.25, 0.3) is 0 Å². The molecule has 0 unspecified atom stereocenters. The number of aromatic nitrogens is 2. The standard InChI is InChI=1S/C13H13BrN2O2/c1-3-16-12(6-7-15-16)13(17)10-8-9(18-2)4-5-11(10)14/h4-8H,3H2,1-2H3. The van der Waals surface area contributed by atoms with Crippen molar-refractivity contribution in [3.8, 4) is 5.75 Å². The van der Waals surface area contributed by atoms with E-state index >= 15 is 0 Å². The maximum atomic E-state index is 12.4. The van der Waals surface area contributed by atoms with E-state index in [0.29, 0.717) is 23.6 Å². The second kappa shape index (κ2) is 5.35. The van der Waals surface area contributed by atoms with E-state index < -0.39 is 0 Å². The number of ether oxygens (including phenoxy) is 1. The van der Waals surface area contributed by atoms with Crippen LogP contribution < -0.4 is 4.74 Å². The lowest BCUT2D eigenvalue weighted by atomic mass is 10.1. The van der Waals surface area contributed by atoms with E-state index in [1.165, 1.54) is 0 Å². The number of hydrogen-bond donors (Lipinski definition) is 0. The van der Waals surface area contributed by atoms with Gasteiger partial charge in [-0.3, -0.25) is 9.48 Å². The summed E-state index contributed by atoms with van der Waals surface area (Å²) in [6.07, 6.45) is 1.63. The van der Waals surface area contributed by atoms with Crippen molar-refractivity contribution in [2.75, 3.05) is 7.11 Å². The van der Waals surface area contributed by atoms with Gasteiger partial charge in [0.05, 0.1) is 7.11 Å². The molecule has 2 rings (SSSR count). The first kappa shape index (κ1) is 12.8. The van der Waals surface area contributed by atoms with Crippen LogP contribution in [-0.2, 0) is 6.54 Å². The Balaban J connectivity index is 2.45. The molecule has 0 N–H and O–H groups in total. The molecule has 1 aromatic heterocycles. The summed E-state index contributed by atoms with van der Waals surface area (Å²) in [7, 11) is 1.58. The van der Waals surface area contributed by atoms with Gasteiger partial charge in [-0.25, -0.2) is 0 Å². The lowest BCUT2D eigenvalue weighted by molar-refractivity contribution is 0.102. The highest BCUT2D eigenvalue weighted by Gasteiger charge is 2.17. The number of nitrogens with zero attached hydrogens (tertiary/aromatic N) is 2. The SMILES string of the molecule is CCn1nccc1C(=O)c1cc(OC)ccc1Br. The van der Waals surface area contributed by atoms with E-state index in [1.54, 1.807) is 42.3 Å². The minimum atomic E-state index is -0.0693. The van der Waals surface area contributed by atoms with Gasteiger partial charge in [-0.15, -0.1) is 0 Å². The molecule has 0 radical (unpaired) electrons. The van der Waals surface area contributed by atoms with Gasteiger partial charge in [0, 0.05) is 22.8 Å². The molecule has 0 amide bonds. The second-order valence-electron chi connectivity index (χ2n) is 3.71. The van der Waals surface area contributed by atoms with Crippen LogP contribution in [0.4, 0.5) is 0 Å². The summed E-state index contributed by atoms with van der Waals surface area (Å²) in [6, 6.07) is 7.05. The molecule has 0 aliphatic heterocycles. The minimum Gasteiger partial charge on any atom is -0.497 e. The third-order valence-electron chi connectivity index (χ3n) is 2.67. The molecule has 5 heteroatoms. The number of carbonyl (C=O) groups is 1. The molecule has 0 saturated carbocycles. The number of benzene rings is 1. The van der Waals surface area contributed by atoms with Gasteiger partial charge in [0.1, 0.15) is 11.4 Å². The van der Waals surface area contributed by atoms with E-state index in [0.717, 1.165) is 4.47 Å². The quantitative estimate of drug-likeness (QED) is 0.816. The molecule has 0 bridgehead atoms. The number of hydrogen-bond acceptors (Lipinski definition) is 3. The van der Waals surface area contributed by atoms with Crippen molar-refractivity contribution < 1.29 is 9.53 Å². The lowest BCUT2D eigenvalue weighted by Gasteiger charge is -2.07. The van der Waals surface area contributed by atoms with Crippen molar-refractivity contribution in [3.63, 3.8) is 0 Å². The smallest absolute Gasteiger partial charge is 0.212 e. The van der Waals surface area contributed by atoms with Crippen LogP contribution in [0.2, 0.25) is 0 Å². The Morgan fingerprint density at radius 3 is 2.89 bits per heavy atom. The maximum absolute atomic E-state index is 12.4. The Kier molecular flexibility index (Phi) is 3.81. The van der Waals surface area contributed by atoms with E-state index in [1.807, 2.05) is 6.92 Å². The number of aryl methyl sites for hydroxylation is 1.